The number of carbonyl (C=O) groups excluding carboxylic acids is 1. The lowest BCUT2D eigenvalue weighted by molar-refractivity contribution is 0.186. The van der Waals surface area contributed by atoms with Crippen LogP contribution in [0.1, 0.15) is 13.3 Å². The average molecular weight is 282 g/mol. The first kappa shape index (κ1) is 15.3. The van der Waals surface area contributed by atoms with E-state index >= 15 is 0 Å². The fourth-order valence-electron chi connectivity index (χ4n) is 1.51. The number of aromatic nitrogens is 2. The minimum atomic E-state index is -0.533. The minimum absolute atomic E-state index is 0. The normalized spacial score (nSPS) is 10.0. The highest BCUT2D eigenvalue weighted by Crippen LogP contribution is 2.23. The van der Waals surface area contributed by atoms with E-state index < -0.39 is 6.09 Å². The van der Waals surface area contributed by atoms with E-state index in [1.807, 2.05) is 18.2 Å². The van der Waals surface area contributed by atoms with E-state index in [-0.39, 0.29) is 6.15 Å². The first-order valence-corrected chi connectivity index (χ1v) is 6.69. The molecule has 1 aromatic heterocycles. The van der Waals surface area contributed by atoms with Crippen LogP contribution in [-0.4, -0.2) is 28.9 Å². The molecule has 19 heavy (non-hydrogen) atoms. The van der Waals surface area contributed by atoms with Crippen molar-refractivity contribution in [2.75, 3.05) is 18.2 Å². The van der Waals surface area contributed by atoms with Crippen molar-refractivity contribution in [2.24, 2.45) is 0 Å². The van der Waals surface area contributed by atoms with Crippen molar-refractivity contribution < 1.29 is 9.53 Å². The van der Waals surface area contributed by atoms with E-state index in [0.29, 0.717) is 5.95 Å². The number of rotatable bonds is 4. The van der Waals surface area contributed by atoms with E-state index in [4.69, 9.17) is 0 Å². The summed E-state index contributed by atoms with van der Waals surface area (Å²) >= 11 is 1.80. The van der Waals surface area contributed by atoms with E-state index in [0.717, 1.165) is 23.2 Å². The summed E-state index contributed by atoms with van der Waals surface area (Å²) in [6, 6.07) is 6.00. The maximum Gasteiger partial charge on any atom is 0.413 e. The first-order valence-electron chi connectivity index (χ1n) is 5.70. The summed E-state index contributed by atoms with van der Waals surface area (Å²) in [5.74, 6) is 1.49. The number of H-pyrrole nitrogens is 1. The lowest BCUT2D eigenvalue weighted by Crippen LogP contribution is -2.11. The van der Waals surface area contributed by atoms with Crippen LogP contribution in [0.5, 0.6) is 0 Å². The molecule has 0 aliphatic heterocycles. The van der Waals surface area contributed by atoms with Gasteiger partial charge in [0, 0.05) is 4.90 Å². The summed E-state index contributed by atoms with van der Waals surface area (Å²) in [6.07, 6.45) is 0.607. The highest BCUT2D eigenvalue weighted by Gasteiger charge is 2.07. The van der Waals surface area contributed by atoms with Gasteiger partial charge in [0.15, 0.2) is 0 Å². The minimum Gasteiger partial charge on any atom is -0.453 e. The lowest BCUT2D eigenvalue weighted by atomic mass is 10.3. The van der Waals surface area contributed by atoms with Crippen LogP contribution in [0.15, 0.2) is 23.1 Å². The molecular weight excluding hydrogens is 264 g/mol. The molecule has 1 aromatic carbocycles. The number of methoxy groups -OCH3 is 1. The average Bonchev–Trinajstić information content (AvgIpc) is 2.77. The Balaban J connectivity index is 0.00000180. The molecule has 2 rings (SSSR count). The lowest BCUT2D eigenvalue weighted by Gasteiger charge is -1.98. The molecule has 0 aliphatic carbocycles. The molecule has 0 bridgehead atoms. The molecule has 2 aromatic rings. The molecule has 0 atom stereocenters. The zero-order chi connectivity index (χ0) is 13.0. The molecule has 0 saturated carbocycles. The van der Waals surface area contributed by atoms with Gasteiger partial charge in [-0.1, -0.05) is 6.92 Å². The zero-order valence-corrected chi connectivity index (χ0v) is 11.8. The standard InChI is InChI=1S/C12H15N3O2S.H3N/c1-3-6-18-8-4-5-9-10(7-8)14-11(13-9)15-12(16)17-2;/h4-5,7H,3,6H2,1-2H3,(H2,13,14,15,16);1H3. The second kappa shape index (κ2) is 7.01. The van der Waals surface area contributed by atoms with Gasteiger partial charge < -0.3 is 15.9 Å². The summed E-state index contributed by atoms with van der Waals surface area (Å²) in [5.41, 5.74) is 1.73. The number of nitrogens with one attached hydrogen (secondary N) is 2. The number of nitrogens with zero attached hydrogens (tertiary/aromatic N) is 1. The molecular formula is C12H18N4O2S. The van der Waals surface area contributed by atoms with Gasteiger partial charge >= 0.3 is 6.09 Å². The quantitative estimate of drug-likeness (QED) is 0.746. The van der Waals surface area contributed by atoms with Gasteiger partial charge in [0.25, 0.3) is 0 Å². The topological polar surface area (TPSA) is 102 Å². The fourth-order valence-corrected chi connectivity index (χ4v) is 2.31. The Morgan fingerprint density at radius 3 is 3.00 bits per heavy atom. The van der Waals surface area contributed by atoms with Gasteiger partial charge in [0.1, 0.15) is 0 Å². The van der Waals surface area contributed by atoms with Crippen LogP contribution >= 0.6 is 11.8 Å². The predicted octanol–water partition coefficient (Wildman–Crippen LogP) is 3.41. The van der Waals surface area contributed by atoms with Crippen molar-refractivity contribution in [2.45, 2.75) is 18.2 Å². The zero-order valence-electron chi connectivity index (χ0n) is 11.0. The Kier molecular flexibility index (Phi) is 5.65. The van der Waals surface area contributed by atoms with E-state index in [2.05, 4.69) is 26.9 Å². The van der Waals surface area contributed by atoms with Crippen molar-refractivity contribution in [3.63, 3.8) is 0 Å². The summed E-state index contributed by atoms with van der Waals surface area (Å²) in [4.78, 5) is 19.5. The van der Waals surface area contributed by atoms with E-state index in [9.17, 15) is 4.79 Å². The first-order chi connectivity index (χ1) is 8.72. The monoisotopic (exact) mass is 282 g/mol. The molecule has 0 unspecified atom stereocenters. The molecule has 5 N–H and O–H groups in total. The third-order valence-corrected chi connectivity index (χ3v) is 3.53. The van der Waals surface area contributed by atoms with Crippen LogP contribution in [0, 0.1) is 0 Å². The van der Waals surface area contributed by atoms with Crippen LogP contribution in [0.25, 0.3) is 11.0 Å². The Hall–Kier alpha value is -1.73. The number of hydrogen-bond donors (Lipinski definition) is 3. The largest absolute Gasteiger partial charge is 0.453 e. The van der Waals surface area contributed by atoms with Crippen molar-refractivity contribution in [3.8, 4) is 0 Å². The van der Waals surface area contributed by atoms with Crippen molar-refractivity contribution in [1.82, 2.24) is 16.1 Å². The number of amides is 1. The molecule has 0 saturated heterocycles. The van der Waals surface area contributed by atoms with E-state index in [1.54, 1.807) is 11.8 Å². The Morgan fingerprint density at radius 2 is 2.32 bits per heavy atom. The number of imidazole rings is 1. The van der Waals surface area contributed by atoms with Gasteiger partial charge in [-0.2, -0.15) is 0 Å². The number of fused-ring (bicyclic) bond motifs is 1. The molecule has 104 valence electrons. The van der Waals surface area contributed by atoms with E-state index in [1.165, 1.54) is 12.0 Å². The molecule has 1 heterocycles. The Labute approximate surface area is 115 Å². The number of benzene rings is 1. The summed E-state index contributed by atoms with van der Waals surface area (Å²) in [6.45, 7) is 2.15. The number of anilines is 1. The van der Waals surface area contributed by atoms with Gasteiger partial charge in [-0.3, -0.25) is 5.32 Å². The second-order valence-corrected chi connectivity index (χ2v) is 4.90. The maximum atomic E-state index is 11.1. The number of thioether (sulfide) groups is 1. The van der Waals surface area contributed by atoms with Crippen molar-refractivity contribution in [1.29, 1.82) is 0 Å². The second-order valence-electron chi connectivity index (χ2n) is 3.73. The van der Waals surface area contributed by atoms with Crippen molar-refractivity contribution in [3.05, 3.63) is 18.2 Å². The molecule has 0 spiro atoms. The number of carbonyl (C=O) groups is 1. The molecule has 0 fully saturated rings. The van der Waals surface area contributed by atoms with Gasteiger partial charge in [-0.15, -0.1) is 11.8 Å². The molecule has 0 radical (unpaired) electrons. The number of hydrogen-bond acceptors (Lipinski definition) is 5. The Morgan fingerprint density at radius 1 is 1.53 bits per heavy atom. The number of ether oxygens (including phenoxy) is 1. The fraction of sp³-hybridized carbons (Fsp3) is 0.333. The highest BCUT2D eigenvalue weighted by atomic mass is 32.2. The van der Waals surface area contributed by atoms with Crippen LogP contribution in [-0.2, 0) is 4.74 Å². The van der Waals surface area contributed by atoms with Gasteiger partial charge in [-0.25, -0.2) is 9.78 Å². The summed E-state index contributed by atoms with van der Waals surface area (Å²) < 4.78 is 4.51. The third kappa shape index (κ3) is 3.87. The molecule has 7 heteroatoms. The molecule has 0 aliphatic rings. The summed E-state index contributed by atoms with van der Waals surface area (Å²) in [7, 11) is 1.32. The summed E-state index contributed by atoms with van der Waals surface area (Å²) in [5, 5.41) is 2.51. The van der Waals surface area contributed by atoms with Gasteiger partial charge in [-0.05, 0) is 30.4 Å². The third-order valence-electron chi connectivity index (χ3n) is 2.33. The SMILES string of the molecule is CCCSc1ccc2nc(NC(=O)OC)[nH]c2c1.N. The predicted molar refractivity (Wildman–Crippen MR) is 78.2 cm³/mol. The Bertz CT molecular complexity index is 556. The maximum absolute atomic E-state index is 11.1. The smallest absolute Gasteiger partial charge is 0.413 e. The van der Waals surface area contributed by atoms with Crippen LogP contribution < -0.4 is 11.5 Å². The van der Waals surface area contributed by atoms with Crippen LogP contribution in [0.3, 0.4) is 0 Å². The van der Waals surface area contributed by atoms with Gasteiger partial charge in [0.05, 0.1) is 18.1 Å². The van der Waals surface area contributed by atoms with Crippen molar-refractivity contribution >= 4 is 34.8 Å². The number of aromatic amines is 1. The molecule has 6 nitrogen and oxygen atoms in total. The van der Waals surface area contributed by atoms with Crippen LogP contribution in [0.4, 0.5) is 10.7 Å². The highest BCUT2D eigenvalue weighted by molar-refractivity contribution is 7.99. The molecule has 1 amide bonds. The van der Waals surface area contributed by atoms with Crippen LogP contribution in [0.2, 0.25) is 0 Å². The van der Waals surface area contributed by atoms with Gasteiger partial charge in [0.2, 0.25) is 5.95 Å².